The third-order valence-electron chi connectivity index (χ3n) is 0. The quantitative estimate of drug-likeness (QED) is 0.489. The van der Waals surface area contributed by atoms with Gasteiger partial charge in [-0.1, -0.05) is 0 Å². The number of hydrogen-bond donors (Lipinski definition) is 0. The van der Waals surface area contributed by atoms with Gasteiger partial charge in [0.1, 0.15) is 0 Å². The second-order valence-electron chi connectivity index (χ2n) is 0. The Morgan fingerprint density at radius 1 is 1.00 bits per heavy atom. The molecule has 20 valence electrons. The maximum atomic E-state index is 0. The molecule has 0 aliphatic carbocycles. The molecule has 0 bridgehead atoms. The van der Waals surface area contributed by atoms with Gasteiger partial charge in [0.15, 0.2) is 0 Å². The smallest absolute Gasteiger partial charge is 0 e. The molecule has 0 rings (SSSR count). The van der Waals surface area contributed by atoms with Crippen molar-refractivity contribution >= 4 is 18.9 Å². The summed E-state index contributed by atoms with van der Waals surface area (Å²) in [5.41, 5.74) is 0. The first kappa shape index (κ1) is 36.9. The zero-order valence-corrected chi connectivity index (χ0v) is 6.81. The van der Waals surface area contributed by atoms with Gasteiger partial charge in [-0.25, -0.2) is 0 Å². The monoisotopic (exact) mass is 300 g/mol. The Hall–Kier alpha value is 2.04. The maximum absolute atomic E-state index is 0. The van der Waals surface area contributed by atoms with Gasteiger partial charge in [0.25, 0.3) is 0 Å². The molecular weight excluding hydrogens is 297 g/mol. The molecule has 0 aliphatic heterocycles. The predicted molar refractivity (Wildman–Crippen MR) is 10.8 cm³/mol. The molecule has 1 nitrogen and oxygen atoms in total. The van der Waals surface area contributed by atoms with Crippen LogP contribution < -0.4 is 0 Å². The van der Waals surface area contributed by atoms with E-state index in [1.165, 1.54) is 0 Å². The third-order valence-corrected chi connectivity index (χ3v) is 0. The number of rotatable bonds is 0. The van der Waals surface area contributed by atoms with Gasteiger partial charge in [0.05, 0.1) is 0 Å². The molecule has 0 saturated carbocycles. The van der Waals surface area contributed by atoms with Gasteiger partial charge in [-0.2, -0.15) is 0 Å². The molecule has 0 spiro atoms. The van der Waals surface area contributed by atoms with Crippen molar-refractivity contribution in [2.45, 2.75) is 0 Å². The van der Waals surface area contributed by atoms with E-state index in [1.807, 2.05) is 0 Å². The van der Waals surface area contributed by atoms with E-state index in [2.05, 4.69) is 0 Å². The van der Waals surface area contributed by atoms with Gasteiger partial charge in [0.2, 0.25) is 0 Å². The SMILES string of the molecule is O.[LiH].[Nb].[Ta]. The van der Waals surface area contributed by atoms with E-state index in [-0.39, 0.29) is 69.1 Å². The standard InChI is InChI=1S/Li.Nb.H2O.Ta.H/h;;1H2;;. The summed E-state index contributed by atoms with van der Waals surface area (Å²) in [7, 11) is 0. The minimum absolute atomic E-state index is 0. The third kappa shape index (κ3) is 8.97. The molecule has 2 radical (unpaired) electrons. The van der Waals surface area contributed by atoms with Crippen molar-refractivity contribution in [3.05, 3.63) is 0 Å². The van der Waals surface area contributed by atoms with Crippen LogP contribution in [0.15, 0.2) is 0 Å². The van der Waals surface area contributed by atoms with E-state index in [1.54, 1.807) is 0 Å². The Bertz CT molecular complexity index is 8.00. The van der Waals surface area contributed by atoms with Crippen LogP contribution in [-0.2, 0) is 44.8 Å². The van der Waals surface area contributed by atoms with Crippen LogP contribution in [0.25, 0.3) is 0 Å². The normalized spacial score (nSPS) is 0. The predicted octanol–water partition coefficient (Wildman–Crippen LogP) is -1.48. The Kier molecular flexibility index (Phi) is 182. The topological polar surface area (TPSA) is 31.5 Å². The summed E-state index contributed by atoms with van der Waals surface area (Å²) in [5.74, 6) is 0. The fraction of sp³-hybridized carbons (Fsp3) is 0. The van der Waals surface area contributed by atoms with Gasteiger partial charge in [0, 0.05) is 44.8 Å². The Morgan fingerprint density at radius 2 is 1.00 bits per heavy atom. The molecule has 0 unspecified atom stereocenters. The van der Waals surface area contributed by atoms with Crippen molar-refractivity contribution in [2.75, 3.05) is 0 Å². The van der Waals surface area contributed by atoms with Crippen LogP contribution in [0.3, 0.4) is 0 Å². The fourth-order valence-corrected chi connectivity index (χ4v) is 0. The van der Waals surface area contributed by atoms with Crippen LogP contribution in [-0.4, -0.2) is 24.3 Å². The fourth-order valence-electron chi connectivity index (χ4n) is 0. The van der Waals surface area contributed by atoms with Crippen LogP contribution in [0.4, 0.5) is 0 Å². The average molecular weight is 300 g/mol. The summed E-state index contributed by atoms with van der Waals surface area (Å²) in [6.07, 6.45) is 0. The molecule has 0 aromatic rings. The Morgan fingerprint density at radius 3 is 1.00 bits per heavy atom. The van der Waals surface area contributed by atoms with Crippen molar-refractivity contribution in [2.24, 2.45) is 0 Å². The van der Waals surface area contributed by atoms with Crippen molar-refractivity contribution in [1.29, 1.82) is 0 Å². The van der Waals surface area contributed by atoms with Crippen LogP contribution >= 0.6 is 0 Å². The van der Waals surface area contributed by atoms with E-state index in [9.17, 15) is 0 Å². The van der Waals surface area contributed by atoms with Crippen LogP contribution in [0, 0.1) is 0 Å². The summed E-state index contributed by atoms with van der Waals surface area (Å²) in [6.45, 7) is 0. The summed E-state index contributed by atoms with van der Waals surface area (Å²) in [5, 5.41) is 0. The molecular formula is H3LiNbOTa. The minimum atomic E-state index is 0. The molecule has 0 aliphatic rings. The molecule has 4 heavy (non-hydrogen) atoms. The Labute approximate surface area is 68.4 Å². The second-order valence-corrected chi connectivity index (χ2v) is 0. The van der Waals surface area contributed by atoms with Gasteiger partial charge < -0.3 is 5.48 Å². The summed E-state index contributed by atoms with van der Waals surface area (Å²) < 4.78 is 0. The molecule has 0 fully saturated rings. The van der Waals surface area contributed by atoms with Crippen LogP contribution in [0.2, 0.25) is 0 Å². The van der Waals surface area contributed by atoms with Crippen molar-refractivity contribution in [1.82, 2.24) is 0 Å². The van der Waals surface area contributed by atoms with E-state index >= 15 is 0 Å². The zero-order valence-electron chi connectivity index (χ0n) is 1.39. The van der Waals surface area contributed by atoms with Crippen LogP contribution in [0.5, 0.6) is 0 Å². The average Bonchev–Trinajstić information content (AvgIpc) is 0. The van der Waals surface area contributed by atoms with E-state index < -0.39 is 0 Å². The Balaban J connectivity index is 0. The van der Waals surface area contributed by atoms with E-state index in [0.717, 1.165) is 0 Å². The first-order valence-corrected chi connectivity index (χ1v) is 0. The first-order valence-electron chi connectivity index (χ1n) is 0. The second kappa shape index (κ2) is 19.8. The van der Waals surface area contributed by atoms with Gasteiger partial charge in [-0.15, -0.1) is 0 Å². The first-order chi connectivity index (χ1) is 0. The van der Waals surface area contributed by atoms with Crippen molar-refractivity contribution in [3.8, 4) is 0 Å². The minimum Gasteiger partial charge on any atom is 0 e. The van der Waals surface area contributed by atoms with E-state index in [0.29, 0.717) is 0 Å². The summed E-state index contributed by atoms with van der Waals surface area (Å²) >= 11 is 0. The number of hydrogen-bond acceptors (Lipinski definition) is 0. The van der Waals surface area contributed by atoms with Gasteiger partial charge >= 0.3 is 18.9 Å². The summed E-state index contributed by atoms with van der Waals surface area (Å²) in [6, 6.07) is 0. The molecule has 0 heterocycles. The molecule has 0 atom stereocenters. The molecule has 0 saturated heterocycles. The molecule has 0 aromatic heterocycles. The molecule has 2 N–H and O–H groups in total. The largest absolute Gasteiger partial charge is 0 e. The van der Waals surface area contributed by atoms with Gasteiger partial charge in [-0.3, -0.25) is 0 Å². The van der Waals surface area contributed by atoms with Gasteiger partial charge in [-0.05, 0) is 0 Å². The summed E-state index contributed by atoms with van der Waals surface area (Å²) in [4.78, 5) is 0. The maximum Gasteiger partial charge on any atom is 0 e. The van der Waals surface area contributed by atoms with Crippen molar-refractivity contribution in [3.63, 3.8) is 0 Å². The van der Waals surface area contributed by atoms with E-state index in [4.69, 9.17) is 0 Å². The van der Waals surface area contributed by atoms with Crippen molar-refractivity contribution < 1.29 is 50.2 Å². The molecule has 0 aromatic carbocycles. The molecule has 4 heteroatoms. The zero-order chi connectivity index (χ0) is 0. The molecule has 0 amide bonds. The van der Waals surface area contributed by atoms with Crippen LogP contribution in [0.1, 0.15) is 0 Å².